The van der Waals surface area contributed by atoms with E-state index < -0.39 is 0 Å². The number of fused-ring (bicyclic) bond motifs is 1. The minimum atomic E-state index is 0.733. The van der Waals surface area contributed by atoms with Crippen LogP contribution in [0.4, 0.5) is 0 Å². The summed E-state index contributed by atoms with van der Waals surface area (Å²) < 4.78 is 7.88. The lowest BCUT2D eigenvalue weighted by Gasteiger charge is -2.06. The SMILES string of the molecule is CC#CCn1ccc2c(OCCC)cccc21. The summed E-state index contributed by atoms with van der Waals surface area (Å²) in [5.74, 6) is 6.96. The highest BCUT2D eigenvalue weighted by Crippen LogP contribution is 2.26. The van der Waals surface area contributed by atoms with Gasteiger partial charge >= 0.3 is 0 Å². The number of hydrogen-bond acceptors (Lipinski definition) is 1. The fraction of sp³-hybridized carbons (Fsp3) is 0.333. The summed E-state index contributed by atoms with van der Waals surface area (Å²) >= 11 is 0. The third kappa shape index (κ3) is 2.45. The summed E-state index contributed by atoms with van der Waals surface area (Å²) in [5.41, 5.74) is 1.18. The Kier molecular flexibility index (Phi) is 3.72. The molecular formula is C15H17NO. The smallest absolute Gasteiger partial charge is 0.128 e. The molecule has 0 spiro atoms. The molecule has 2 heteroatoms. The Morgan fingerprint density at radius 1 is 1.29 bits per heavy atom. The van der Waals surface area contributed by atoms with Crippen molar-refractivity contribution in [3.63, 3.8) is 0 Å². The molecule has 0 amide bonds. The normalized spacial score (nSPS) is 10.0. The van der Waals surface area contributed by atoms with Crippen molar-refractivity contribution in [2.24, 2.45) is 0 Å². The lowest BCUT2D eigenvalue weighted by Crippen LogP contribution is -1.96. The van der Waals surface area contributed by atoms with Crippen molar-refractivity contribution < 1.29 is 4.74 Å². The molecule has 0 unspecified atom stereocenters. The minimum Gasteiger partial charge on any atom is -0.493 e. The first-order valence-electron chi connectivity index (χ1n) is 5.97. The van der Waals surface area contributed by atoms with Crippen molar-refractivity contribution in [3.8, 4) is 17.6 Å². The van der Waals surface area contributed by atoms with Gasteiger partial charge in [0.1, 0.15) is 5.75 Å². The predicted octanol–water partition coefficient (Wildman–Crippen LogP) is 3.45. The summed E-state index contributed by atoms with van der Waals surface area (Å²) in [6.07, 6.45) is 3.09. The number of rotatable bonds is 4. The van der Waals surface area contributed by atoms with E-state index >= 15 is 0 Å². The van der Waals surface area contributed by atoms with Gasteiger partial charge < -0.3 is 9.30 Å². The van der Waals surface area contributed by atoms with Gasteiger partial charge in [-0.25, -0.2) is 0 Å². The molecule has 0 aliphatic carbocycles. The topological polar surface area (TPSA) is 14.2 Å². The van der Waals surface area contributed by atoms with Crippen LogP contribution in [0, 0.1) is 11.8 Å². The molecule has 2 aromatic rings. The Balaban J connectivity index is 2.36. The first-order chi connectivity index (χ1) is 8.36. The standard InChI is InChI=1S/C15H17NO/c1-3-5-10-16-11-9-13-14(16)7-6-8-15(13)17-12-4-2/h6-9,11H,4,10,12H2,1-2H3. The third-order valence-electron chi connectivity index (χ3n) is 2.66. The monoisotopic (exact) mass is 227 g/mol. The molecule has 2 rings (SSSR count). The predicted molar refractivity (Wildman–Crippen MR) is 71.2 cm³/mol. The van der Waals surface area contributed by atoms with E-state index in [1.165, 1.54) is 10.9 Å². The number of ether oxygens (including phenoxy) is 1. The second kappa shape index (κ2) is 5.45. The minimum absolute atomic E-state index is 0.733. The highest BCUT2D eigenvalue weighted by Gasteiger charge is 2.05. The van der Waals surface area contributed by atoms with Gasteiger partial charge in [0, 0.05) is 11.6 Å². The highest BCUT2D eigenvalue weighted by molar-refractivity contribution is 5.86. The molecule has 88 valence electrons. The molecule has 0 saturated heterocycles. The molecule has 0 fully saturated rings. The van der Waals surface area contributed by atoms with Crippen LogP contribution in [0.3, 0.4) is 0 Å². The third-order valence-corrected chi connectivity index (χ3v) is 2.66. The van der Waals surface area contributed by atoms with E-state index in [9.17, 15) is 0 Å². The van der Waals surface area contributed by atoms with Crippen molar-refractivity contribution in [1.82, 2.24) is 4.57 Å². The van der Waals surface area contributed by atoms with Crippen LogP contribution in [0.2, 0.25) is 0 Å². The Labute approximate surface area is 102 Å². The zero-order valence-electron chi connectivity index (χ0n) is 10.4. The molecule has 0 atom stereocenters. The van der Waals surface area contributed by atoms with Crippen LogP contribution in [0.25, 0.3) is 10.9 Å². The summed E-state index contributed by atoms with van der Waals surface area (Å²) in [4.78, 5) is 0. The number of hydrogen-bond donors (Lipinski definition) is 0. The van der Waals surface area contributed by atoms with Gasteiger partial charge in [0.25, 0.3) is 0 Å². The van der Waals surface area contributed by atoms with Gasteiger partial charge in [-0.05, 0) is 31.5 Å². The molecule has 0 bridgehead atoms. The van der Waals surface area contributed by atoms with Crippen LogP contribution in [0.15, 0.2) is 30.5 Å². The van der Waals surface area contributed by atoms with Crippen LogP contribution < -0.4 is 4.74 Å². The first-order valence-corrected chi connectivity index (χ1v) is 5.97. The van der Waals surface area contributed by atoms with E-state index in [0.29, 0.717) is 0 Å². The fourth-order valence-corrected chi connectivity index (χ4v) is 1.84. The molecule has 0 aliphatic rings. The molecule has 1 heterocycles. The van der Waals surface area contributed by atoms with Crippen molar-refractivity contribution >= 4 is 10.9 Å². The highest BCUT2D eigenvalue weighted by atomic mass is 16.5. The van der Waals surface area contributed by atoms with E-state index in [1.807, 2.05) is 19.1 Å². The Bertz CT molecular complexity index is 557. The van der Waals surface area contributed by atoms with E-state index in [-0.39, 0.29) is 0 Å². The molecule has 1 aromatic carbocycles. The summed E-state index contributed by atoms with van der Waals surface area (Å²) in [6.45, 7) is 5.47. The summed E-state index contributed by atoms with van der Waals surface area (Å²) in [5, 5.41) is 1.17. The fourth-order valence-electron chi connectivity index (χ4n) is 1.84. The quantitative estimate of drug-likeness (QED) is 0.730. The average Bonchev–Trinajstić information content (AvgIpc) is 2.77. The molecule has 17 heavy (non-hydrogen) atoms. The second-order valence-electron chi connectivity index (χ2n) is 3.91. The largest absolute Gasteiger partial charge is 0.493 e. The van der Waals surface area contributed by atoms with Crippen molar-refractivity contribution in [1.29, 1.82) is 0 Å². The first kappa shape index (κ1) is 11.6. The Hall–Kier alpha value is -1.88. The molecule has 0 aliphatic heterocycles. The molecule has 0 saturated carbocycles. The number of aromatic nitrogens is 1. The molecule has 0 radical (unpaired) electrons. The van der Waals surface area contributed by atoms with Gasteiger partial charge in [-0.3, -0.25) is 0 Å². The van der Waals surface area contributed by atoms with Crippen LogP contribution in [-0.2, 0) is 6.54 Å². The van der Waals surface area contributed by atoms with Crippen molar-refractivity contribution in [2.45, 2.75) is 26.8 Å². The van der Waals surface area contributed by atoms with Gasteiger partial charge in [-0.1, -0.05) is 18.9 Å². The van der Waals surface area contributed by atoms with Crippen LogP contribution in [0.1, 0.15) is 20.3 Å². The average molecular weight is 227 g/mol. The van der Waals surface area contributed by atoms with Crippen molar-refractivity contribution in [2.75, 3.05) is 6.61 Å². The number of benzene rings is 1. The molecular weight excluding hydrogens is 210 g/mol. The van der Waals surface area contributed by atoms with Gasteiger partial charge in [0.15, 0.2) is 0 Å². The maximum atomic E-state index is 5.74. The lowest BCUT2D eigenvalue weighted by molar-refractivity contribution is 0.321. The van der Waals surface area contributed by atoms with Crippen LogP contribution in [0.5, 0.6) is 5.75 Å². The van der Waals surface area contributed by atoms with E-state index in [1.54, 1.807) is 0 Å². The molecule has 2 nitrogen and oxygen atoms in total. The molecule has 1 aromatic heterocycles. The van der Waals surface area contributed by atoms with E-state index in [4.69, 9.17) is 4.74 Å². The van der Waals surface area contributed by atoms with Gasteiger partial charge in [0.05, 0.1) is 18.7 Å². The number of nitrogens with zero attached hydrogens (tertiary/aromatic N) is 1. The lowest BCUT2D eigenvalue weighted by atomic mass is 10.2. The summed E-state index contributed by atoms with van der Waals surface area (Å²) in [7, 11) is 0. The maximum absolute atomic E-state index is 5.74. The van der Waals surface area contributed by atoms with Gasteiger partial charge in [0.2, 0.25) is 0 Å². The van der Waals surface area contributed by atoms with Crippen LogP contribution in [-0.4, -0.2) is 11.2 Å². The van der Waals surface area contributed by atoms with Crippen molar-refractivity contribution in [3.05, 3.63) is 30.5 Å². The summed E-state index contributed by atoms with van der Waals surface area (Å²) in [6, 6.07) is 8.25. The Morgan fingerprint density at radius 2 is 2.18 bits per heavy atom. The zero-order valence-corrected chi connectivity index (χ0v) is 10.4. The molecule has 0 N–H and O–H groups in total. The Morgan fingerprint density at radius 3 is 2.94 bits per heavy atom. The zero-order chi connectivity index (χ0) is 12.1. The second-order valence-corrected chi connectivity index (χ2v) is 3.91. The van der Waals surface area contributed by atoms with Gasteiger partial charge in [-0.15, -0.1) is 5.92 Å². The van der Waals surface area contributed by atoms with E-state index in [0.717, 1.165) is 25.3 Å². The van der Waals surface area contributed by atoms with Gasteiger partial charge in [-0.2, -0.15) is 0 Å². The van der Waals surface area contributed by atoms with Crippen LogP contribution >= 0.6 is 0 Å². The maximum Gasteiger partial charge on any atom is 0.128 e. The van der Waals surface area contributed by atoms with E-state index in [2.05, 4.69) is 41.7 Å².